The molecule has 0 fully saturated rings. The molecule has 0 amide bonds. The van der Waals surface area contributed by atoms with Gasteiger partial charge in [0.2, 0.25) is 5.84 Å². The average Bonchev–Trinajstić information content (AvgIpc) is 3.21. The molecule has 0 bridgehead atoms. The van der Waals surface area contributed by atoms with E-state index < -0.39 is 17.1 Å². The second kappa shape index (κ2) is 9.48. The fraction of sp³-hybridized carbons (Fsp3) is 0.130. The van der Waals surface area contributed by atoms with Crippen molar-refractivity contribution in [1.29, 1.82) is 0 Å². The molecule has 4 rings (SSSR count). The number of carbonyl (C=O) groups excluding carboxylic acids is 1. The van der Waals surface area contributed by atoms with E-state index in [4.69, 9.17) is 27.9 Å². The summed E-state index contributed by atoms with van der Waals surface area (Å²) in [5.41, 5.74) is 1.94. The number of anilines is 2. The molecule has 0 saturated carbocycles. The maximum atomic E-state index is 12.9. The average molecular weight is 485 g/mol. The molecular formula is C23H18Cl2N4O4. The van der Waals surface area contributed by atoms with Gasteiger partial charge in [-0.3, -0.25) is 15.0 Å². The van der Waals surface area contributed by atoms with Gasteiger partial charge in [-0.2, -0.15) is 0 Å². The third-order valence-electron chi connectivity index (χ3n) is 4.96. The number of nitro benzene ring substituents is 1. The molecule has 0 saturated heterocycles. The number of carbonyl (C=O) groups is 1. The number of hydrogen-bond donors (Lipinski definition) is 0. The van der Waals surface area contributed by atoms with Gasteiger partial charge in [-0.05, 0) is 73.2 Å². The number of hydrogen-bond acceptors (Lipinski definition) is 7. The number of nitro groups is 1. The van der Waals surface area contributed by atoms with Gasteiger partial charge in [-0.1, -0.05) is 23.2 Å². The summed E-state index contributed by atoms with van der Waals surface area (Å²) >= 11 is 12.1. The fourth-order valence-electron chi connectivity index (χ4n) is 3.48. The van der Waals surface area contributed by atoms with Crippen LogP contribution in [0.2, 0.25) is 10.0 Å². The molecule has 3 aromatic carbocycles. The quantitative estimate of drug-likeness (QED) is 0.249. The van der Waals surface area contributed by atoms with E-state index in [0.717, 1.165) is 0 Å². The van der Waals surface area contributed by atoms with Gasteiger partial charge >= 0.3 is 5.97 Å². The van der Waals surface area contributed by atoms with Gasteiger partial charge in [0.05, 0.1) is 17.2 Å². The topological polar surface area (TPSA) is 88.3 Å². The van der Waals surface area contributed by atoms with Crippen molar-refractivity contribution in [2.24, 2.45) is 5.10 Å². The molecule has 0 spiro atoms. The van der Waals surface area contributed by atoms with E-state index in [9.17, 15) is 14.9 Å². The highest BCUT2D eigenvalue weighted by Gasteiger charge is 2.41. The lowest BCUT2D eigenvalue weighted by Crippen LogP contribution is -2.39. The van der Waals surface area contributed by atoms with E-state index >= 15 is 0 Å². The lowest BCUT2D eigenvalue weighted by molar-refractivity contribution is -0.384. The highest BCUT2D eigenvalue weighted by Crippen LogP contribution is 2.40. The molecule has 8 nitrogen and oxygen atoms in total. The molecule has 1 atom stereocenters. The molecule has 0 radical (unpaired) electrons. The molecule has 1 heterocycles. The molecule has 3 aromatic rings. The number of esters is 1. The molecule has 10 heteroatoms. The molecule has 1 aliphatic heterocycles. The van der Waals surface area contributed by atoms with Gasteiger partial charge in [0.15, 0.2) is 6.17 Å². The normalized spacial score (nSPS) is 15.4. The largest absolute Gasteiger partial charge is 0.460 e. The Labute approximate surface area is 199 Å². The maximum Gasteiger partial charge on any atom is 0.376 e. The van der Waals surface area contributed by atoms with Crippen LogP contribution in [-0.4, -0.2) is 23.3 Å². The van der Waals surface area contributed by atoms with E-state index in [2.05, 4.69) is 5.10 Å². The Morgan fingerprint density at radius 1 is 0.970 bits per heavy atom. The highest BCUT2D eigenvalue weighted by molar-refractivity contribution is 6.42. The summed E-state index contributed by atoms with van der Waals surface area (Å²) in [5, 5.41) is 18.5. The Morgan fingerprint density at radius 2 is 1.52 bits per heavy atom. The zero-order chi connectivity index (χ0) is 23.5. The lowest BCUT2D eigenvalue weighted by atomic mass is 10.1. The summed E-state index contributed by atoms with van der Waals surface area (Å²) < 4.78 is 5.26. The summed E-state index contributed by atoms with van der Waals surface area (Å²) in [7, 11) is 0. The molecule has 1 aliphatic rings. The second-order valence-electron chi connectivity index (χ2n) is 7.03. The minimum absolute atomic E-state index is 0.0423. The van der Waals surface area contributed by atoms with E-state index in [-0.39, 0.29) is 18.1 Å². The molecule has 0 N–H and O–H groups in total. The zero-order valence-corrected chi connectivity index (χ0v) is 18.9. The first kappa shape index (κ1) is 22.6. The second-order valence-corrected chi connectivity index (χ2v) is 7.91. The third-order valence-corrected chi connectivity index (χ3v) is 5.47. The van der Waals surface area contributed by atoms with Crippen molar-refractivity contribution in [3.05, 3.63) is 98.5 Å². The smallest absolute Gasteiger partial charge is 0.376 e. The van der Waals surface area contributed by atoms with Crippen molar-refractivity contribution in [3.8, 4) is 0 Å². The van der Waals surface area contributed by atoms with Crippen LogP contribution in [-0.2, 0) is 9.53 Å². The SMILES string of the molecule is CCOC(=O)C1=NN(c2ccc(Cl)cc2)[C@H](c2ccc([N+](=O)[O-])cc2)N1c1ccc(Cl)cc1. The van der Waals surface area contributed by atoms with Crippen LogP contribution in [0.5, 0.6) is 0 Å². The van der Waals surface area contributed by atoms with E-state index in [1.165, 1.54) is 12.1 Å². The minimum atomic E-state index is -0.632. The van der Waals surface area contributed by atoms with Crippen molar-refractivity contribution in [1.82, 2.24) is 0 Å². The Bertz CT molecular complexity index is 1200. The van der Waals surface area contributed by atoms with Crippen molar-refractivity contribution < 1.29 is 14.5 Å². The number of non-ortho nitro benzene ring substituents is 1. The monoisotopic (exact) mass is 484 g/mol. The summed E-state index contributed by atoms with van der Waals surface area (Å²) in [6.45, 7) is 1.89. The molecule has 0 aromatic heterocycles. The number of nitrogens with zero attached hydrogens (tertiary/aromatic N) is 4. The lowest BCUT2D eigenvalue weighted by Gasteiger charge is -2.32. The molecule has 33 heavy (non-hydrogen) atoms. The summed E-state index contributed by atoms with van der Waals surface area (Å²) in [5.74, 6) is -0.534. The van der Waals surface area contributed by atoms with E-state index in [1.54, 1.807) is 77.5 Å². The van der Waals surface area contributed by atoms with Crippen LogP contribution in [0.25, 0.3) is 0 Å². The fourth-order valence-corrected chi connectivity index (χ4v) is 3.73. The maximum absolute atomic E-state index is 12.9. The van der Waals surface area contributed by atoms with Gasteiger partial charge in [0.25, 0.3) is 5.69 Å². The van der Waals surface area contributed by atoms with Gasteiger partial charge in [-0.15, -0.1) is 5.10 Å². The van der Waals surface area contributed by atoms with Crippen LogP contribution < -0.4 is 9.91 Å². The number of benzene rings is 3. The van der Waals surface area contributed by atoms with Crippen LogP contribution in [0.1, 0.15) is 18.7 Å². The van der Waals surface area contributed by atoms with Crippen LogP contribution in [0.3, 0.4) is 0 Å². The van der Waals surface area contributed by atoms with Crippen LogP contribution in [0.4, 0.5) is 17.1 Å². The van der Waals surface area contributed by atoms with Gasteiger partial charge in [0, 0.05) is 27.9 Å². The summed E-state index contributed by atoms with van der Waals surface area (Å²) in [6.07, 6.45) is -0.632. The van der Waals surface area contributed by atoms with E-state index in [0.29, 0.717) is 27.0 Å². The Hall–Kier alpha value is -3.62. The minimum Gasteiger partial charge on any atom is -0.460 e. The first-order chi connectivity index (χ1) is 15.9. The van der Waals surface area contributed by atoms with Crippen LogP contribution in [0.15, 0.2) is 77.9 Å². The van der Waals surface area contributed by atoms with Crippen molar-refractivity contribution >= 4 is 52.1 Å². The van der Waals surface area contributed by atoms with Crippen LogP contribution >= 0.6 is 23.2 Å². The van der Waals surface area contributed by atoms with Crippen molar-refractivity contribution in [2.75, 3.05) is 16.5 Å². The first-order valence-corrected chi connectivity index (χ1v) is 10.7. The first-order valence-electron chi connectivity index (χ1n) is 9.98. The number of halogens is 2. The Morgan fingerprint density at radius 3 is 2.03 bits per heavy atom. The molecule has 0 aliphatic carbocycles. The summed E-state index contributed by atoms with van der Waals surface area (Å²) in [4.78, 5) is 25.3. The number of ether oxygens (including phenoxy) is 1. The van der Waals surface area contributed by atoms with Gasteiger partial charge in [0.1, 0.15) is 0 Å². The molecular weight excluding hydrogens is 467 g/mol. The number of hydrazone groups is 1. The van der Waals surface area contributed by atoms with Crippen LogP contribution in [0, 0.1) is 10.1 Å². The van der Waals surface area contributed by atoms with Crippen molar-refractivity contribution in [3.63, 3.8) is 0 Å². The third kappa shape index (κ3) is 4.62. The predicted molar refractivity (Wildman–Crippen MR) is 128 cm³/mol. The van der Waals surface area contributed by atoms with Crippen molar-refractivity contribution in [2.45, 2.75) is 13.1 Å². The van der Waals surface area contributed by atoms with E-state index in [1.807, 2.05) is 0 Å². The number of amidine groups is 1. The molecule has 0 unspecified atom stereocenters. The Balaban J connectivity index is 1.88. The molecule has 168 valence electrons. The van der Waals surface area contributed by atoms with Gasteiger partial charge in [-0.25, -0.2) is 9.80 Å². The highest BCUT2D eigenvalue weighted by atomic mass is 35.5. The number of rotatable bonds is 6. The predicted octanol–water partition coefficient (Wildman–Crippen LogP) is 5.80. The Kier molecular flexibility index (Phi) is 6.48. The zero-order valence-electron chi connectivity index (χ0n) is 17.4. The van der Waals surface area contributed by atoms with Gasteiger partial charge < -0.3 is 4.74 Å². The standard InChI is InChI=1S/C23H18Cl2N4O4/c1-2-33-23(30)21-26-28(19-13-7-17(25)8-14-19)22(15-3-9-20(10-4-15)29(31)32)27(21)18-11-5-16(24)6-12-18/h3-14,22H,2H2,1H3/t22-/m1/s1. The summed E-state index contributed by atoms with van der Waals surface area (Å²) in [6, 6.07) is 20.0.